The number of halogens is 5. The Bertz CT molecular complexity index is 1030. The van der Waals surface area contributed by atoms with E-state index in [-0.39, 0.29) is 9.92 Å². The molecule has 0 unspecified atom stereocenters. The molecule has 2 aromatic carbocycles. The van der Waals surface area contributed by atoms with Gasteiger partial charge in [0.05, 0.1) is 32.1 Å². The fourth-order valence-electron chi connectivity index (χ4n) is 2.10. The molecule has 0 aromatic heterocycles. The molecule has 0 radical (unpaired) electrons. The van der Waals surface area contributed by atoms with Crippen molar-refractivity contribution in [1.29, 1.82) is 5.26 Å². The van der Waals surface area contributed by atoms with Crippen LogP contribution in [0.1, 0.15) is 12.0 Å². The molecule has 11 heteroatoms. The summed E-state index contributed by atoms with van der Waals surface area (Å²) in [5.41, 5.74) is -1.96. The minimum atomic E-state index is -4.88. The van der Waals surface area contributed by atoms with Crippen LogP contribution >= 0.6 is 23.2 Å². The molecule has 0 saturated heterocycles. The predicted molar refractivity (Wildman–Crippen MR) is 92.2 cm³/mol. The van der Waals surface area contributed by atoms with Crippen LogP contribution in [0.4, 0.5) is 18.9 Å². The molecule has 5 nitrogen and oxygen atoms in total. The Kier molecular flexibility index (Phi) is 6.04. The Balaban J connectivity index is 2.70. The van der Waals surface area contributed by atoms with Crippen LogP contribution in [0, 0.1) is 11.3 Å². The maximum absolute atomic E-state index is 13.1. The summed E-state index contributed by atoms with van der Waals surface area (Å²) >= 11 is 11.3. The highest BCUT2D eigenvalue weighted by atomic mass is 35.5. The van der Waals surface area contributed by atoms with Crippen molar-refractivity contribution < 1.29 is 26.4 Å². The molecule has 0 bridgehead atoms. The van der Waals surface area contributed by atoms with Gasteiger partial charge in [-0.25, -0.2) is 8.42 Å². The van der Waals surface area contributed by atoms with Crippen LogP contribution in [0.25, 0.3) is 0 Å². The number of hydrogen-bond acceptors (Lipinski definition) is 4. The van der Waals surface area contributed by atoms with E-state index in [0.29, 0.717) is 12.1 Å². The summed E-state index contributed by atoms with van der Waals surface area (Å²) in [5, 5.41) is 9.94. The van der Waals surface area contributed by atoms with Crippen LogP contribution in [-0.2, 0) is 20.8 Å². The molecule has 1 N–H and O–H groups in total. The number of rotatable bonds is 4. The Morgan fingerprint density at radius 3 is 2.26 bits per heavy atom. The molecule has 0 aliphatic heterocycles. The van der Waals surface area contributed by atoms with Gasteiger partial charge >= 0.3 is 6.18 Å². The van der Waals surface area contributed by atoms with E-state index >= 15 is 0 Å². The number of nitrogens with one attached hydrogen (secondary N) is 1. The quantitative estimate of drug-likeness (QED) is 0.752. The molecule has 142 valence electrons. The van der Waals surface area contributed by atoms with Crippen LogP contribution in [0.15, 0.2) is 46.2 Å². The van der Waals surface area contributed by atoms with E-state index in [1.54, 1.807) is 0 Å². The minimum absolute atomic E-state index is 0.252. The molecule has 2 aromatic rings. The van der Waals surface area contributed by atoms with Gasteiger partial charge < -0.3 is 5.32 Å². The van der Waals surface area contributed by atoms with Gasteiger partial charge in [-0.05, 0) is 36.4 Å². The number of alkyl halides is 3. The number of nitrogens with zero attached hydrogens (tertiary/aromatic N) is 1. The summed E-state index contributed by atoms with van der Waals surface area (Å²) in [4.78, 5) is 10.7. The highest BCUT2D eigenvalue weighted by Gasteiger charge is 2.36. The second-order valence-corrected chi connectivity index (χ2v) is 7.93. The lowest BCUT2D eigenvalue weighted by Gasteiger charge is -2.16. The summed E-state index contributed by atoms with van der Waals surface area (Å²) in [5.74, 6) is -0.972. The highest BCUT2D eigenvalue weighted by molar-refractivity contribution is 7.91. The van der Waals surface area contributed by atoms with E-state index < -0.39 is 49.5 Å². The van der Waals surface area contributed by atoms with Crippen LogP contribution in [0.2, 0.25) is 10.0 Å². The first-order valence-corrected chi connectivity index (χ1v) is 9.29. The lowest BCUT2D eigenvalue weighted by Crippen LogP contribution is -2.16. The summed E-state index contributed by atoms with van der Waals surface area (Å²) in [6.07, 6.45) is -5.56. The summed E-state index contributed by atoms with van der Waals surface area (Å²) in [6, 6.07) is 7.43. The smallest absolute Gasteiger partial charge is 0.324 e. The third-order valence-electron chi connectivity index (χ3n) is 3.30. The largest absolute Gasteiger partial charge is 0.417 e. The van der Waals surface area contributed by atoms with E-state index in [2.05, 4.69) is 0 Å². The van der Waals surface area contributed by atoms with Gasteiger partial charge in [0.1, 0.15) is 6.42 Å². The number of nitriles is 1. The van der Waals surface area contributed by atoms with Gasteiger partial charge in [0.25, 0.3) is 0 Å². The number of benzene rings is 2. The molecular formula is C16H9Cl2F3N2O3S. The van der Waals surface area contributed by atoms with Gasteiger partial charge in [0.15, 0.2) is 0 Å². The van der Waals surface area contributed by atoms with Gasteiger partial charge in [-0.2, -0.15) is 18.4 Å². The Hall–Kier alpha value is -2.28. The van der Waals surface area contributed by atoms with Crippen LogP contribution in [0.3, 0.4) is 0 Å². The van der Waals surface area contributed by atoms with Crippen molar-refractivity contribution in [2.45, 2.75) is 22.4 Å². The van der Waals surface area contributed by atoms with Crippen LogP contribution in [-0.4, -0.2) is 14.3 Å². The monoisotopic (exact) mass is 436 g/mol. The normalized spacial score (nSPS) is 11.7. The Labute approximate surface area is 162 Å². The Morgan fingerprint density at radius 2 is 1.74 bits per heavy atom. The van der Waals surface area contributed by atoms with Gasteiger partial charge in [0, 0.05) is 5.02 Å². The number of amides is 1. The average Bonchev–Trinajstić information content (AvgIpc) is 2.55. The minimum Gasteiger partial charge on any atom is -0.324 e. The number of sulfone groups is 1. The van der Waals surface area contributed by atoms with Crippen molar-refractivity contribution in [3.05, 3.63) is 52.0 Å². The maximum Gasteiger partial charge on any atom is 0.417 e. The fraction of sp³-hybridized carbons (Fsp3) is 0.125. The molecule has 0 heterocycles. The number of anilines is 1. The molecule has 0 fully saturated rings. The lowest BCUT2D eigenvalue weighted by molar-refractivity contribution is -0.137. The van der Waals surface area contributed by atoms with Gasteiger partial charge in [0.2, 0.25) is 15.7 Å². The summed E-state index contributed by atoms with van der Waals surface area (Å²) in [7, 11) is -4.34. The van der Waals surface area contributed by atoms with E-state index in [0.717, 1.165) is 12.1 Å². The first-order chi connectivity index (χ1) is 12.5. The molecule has 1 amide bonds. The molecular weight excluding hydrogens is 428 g/mol. The zero-order valence-electron chi connectivity index (χ0n) is 13.1. The molecule has 0 aliphatic carbocycles. The lowest BCUT2D eigenvalue weighted by atomic mass is 10.2. The number of carbonyl (C=O) groups excluding carboxylic acids is 1. The topological polar surface area (TPSA) is 87.0 Å². The zero-order chi connectivity index (χ0) is 20.4. The standard InChI is InChI=1S/C16H9Cl2F3N2O3S/c17-9-1-3-10(4-2-9)27(25,26)14-8-12(18)11(16(19,20)21)7-13(14)23-15(24)5-6-22/h1-4,7-8H,5H2,(H,23,24). The molecule has 0 spiro atoms. The van der Waals surface area contributed by atoms with Crippen molar-refractivity contribution in [3.8, 4) is 6.07 Å². The third-order valence-corrected chi connectivity index (χ3v) is 5.68. The average molecular weight is 437 g/mol. The van der Waals surface area contributed by atoms with Crippen molar-refractivity contribution in [2.75, 3.05) is 5.32 Å². The first-order valence-electron chi connectivity index (χ1n) is 7.05. The first kappa shape index (κ1) is 21.0. The molecule has 0 aliphatic rings. The fourth-order valence-corrected chi connectivity index (χ4v) is 3.98. The SMILES string of the molecule is N#CCC(=O)Nc1cc(C(F)(F)F)c(Cl)cc1S(=O)(=O)c1ccc(Cl)cc1. The second kappa shape index (κ2) is 7.76. The van der Waals surface area contributed by atoms with Crippen LogP contribution in [0.5, 0.6) is 0 Å². The van der Waals surface area contributed by atoms with Gasteiger partial charge in [-0.3, -0.25) is 4.79 Å². The van der Waals surface area contributed by atoms with E-state index in [1.807, 2.05) is 5.32 Å². The maximum atomic E-state index is 13.1. The van der Waals surface area contributed by atoms with E-state index in [9.17, 15) is 26.4 Å². The molecule has 0 atom stereocenters. The zero-order valence-corrected chi connectivity index (χ0v) is 15.5. The van der Waals surface area contributed by atoms with Gasteiger partial charge in [-0.1, -0.05) is 23.2 Å². The van der Waals surface area contributed by atoms with Crippen molar-refractivity contribution in [3.63, 3.8) is 0 Å². The number of hydrogen-bond donors (Lipinski definition) is 1. The van der Waals surface area contributed by atoms with E-state index in [4.69, 9.17) is 28.5 Å². The second-order valence-electron chi connectivity index (χ2n) is 5.17. The van der Waals surface area contributed by atoms with Crippen molar-refractivity contribution >= 4 is 44.6 Å². The van der Waals surface area contributed by atoms with Crippen molar-refractivity contribution in [1.82, 2.24) is 0 Å². The van der Waals surface area contributed by atoms with E-state index in [1.165, 1.54) is 18.2 Å². The van der Waals surface area contributed by atoms with Crippen molar-refractivity contribution in [2.24, 2.45) is 0 Å². The molecule has 27 heavy (non-hydrogen) atoms. The predicted octanol–water partition coefficient (Wildman–Crippen LogP) is 4.70. The summed E-state index contributed by atoms with van der Waals surface area (Å²) < 4.78 is 64.9. The summed E-state index contributed by atoms with van der Waals surface area (Å²) in [6.45, 7) is 0. The Morgan fingerprint density at radius 1 is 1.15 bits per heavy atom. The molecule has 0 saturated carbocycles. The number of carbonyl (C=O) groups is 1. The van der Waals surface area contributed by atoms with Crippen LogP contribution < -0.4 is 5.32 Å². The third kappa shape index (κ3) is 4.71. The van der Waals surface area contributed by atoms with Gasteiger partial charge in [-0.15, -0.1) is 0 Å². The molecule has 2 rings (SSSR count). The highest BCUT2D eigenvalue weighted by Crippen LogP contribution is 2.40.